The summed E-state index contributed by atoms with van der Waals surface area (Å²) in [6.45, 7) is -0.819. The van der Waals surface area contributed by atoms with Crippen molar-refractivity contribution in [3.63, 3.8) is 0 Å². The van der Waals surface area contributed by atoms with Crippen molar-refractivity contribution in [1.29, 1.82) is 0 Å². The average Bonchev–Trinajstić information content (AvgIpc) is 2.43. The number of ether oxygens (including phenoxy) is 4. The van der Waals surface area contributed by atoms with Gasteiger partial charge in [-0.3, -0.25) is 0 Å². The lowest BCUT2D eigenvalue weighted by Gasteiger charge is -2.42. The van der Waals surface area contributed by atoms with Gasteiger partial charge in [0.25, 0.3) is 0 Å². The highest BCUT2D eigenvalue weighted by atomic mass is 16.7. The van der Waals surface area contributed by atoms with Gasteiger partial charge < -0.3 is 49.6 Å². The summed E-state index contributed by atoms with van der Waals surface area (Å²) in [4.78, 5) is 0. The van der Waals surface area contributed by atoms with Crippen LogP contribution in [-0.4, -0.2) is 93.4 Å². The molecular formula is C10H18O10. The molecule has 2 rings (SSSR count). The van der Waals surface area contributed by atoms with Gasteiger partial charge in [-0.1, -0.05) is 0 Å². The first-order chi connectivity index (χ1) is 9.43. The number of hydrogen-bond acceptors (Lipinski definition) is 10. The second-order valence-corrected chi connectivity index (χ2v) is 4.52. The summed E-state index contributed by atoms with van der Waals surface area (Å²) in [6, 6.07) is 0. The Bertz CT molecular complexity index is 314. The molecule has 10 nitrogen and oxygen atoms in total. The molecule has 118 valence electrons. The molecule has 20 heavy (non-hydrogen) atoms. The summed E-state index contributed by atoms with van der Waals surface area (Å²) in [6.07, 6.45) is -11.3. The van der Waals surface area contributed by atoms with Crippen LogP contribution < -0.4 is 0 Å². The molecule has 8 unspecified atom stereocenters. The van der Waals surface area contributed by atoms with E-state index < -0.39 is 56.2 Å². The lowest BCUT2D eigenvalue weighted by molar-refractivity contribution is -0.372. The number of aliphatic hydroxyl groups is 6. The predicted octanol–water partition coefficient (Wildman–Crippen LogP) is -4.19. The Balaban J connectivity index is 2.01. The van der Waals surface area contributed by atoms with E-state index in [2.05, 4.69) is 0 Å². The van der Waals surface area contributed by atoms with Crippen molar-refractivity contribution in [2.75, 3.05) is 13.2 Å². The van der Waals surface area contributed by atoms with E-state index in [1.54, 1.807) is 0 Å². The van der Waals surface area contributed by atoms with Gasteiger partial charge in [0.2, 0.25) is 25.2 Å². The number of rotatable bonds is 3. The SMILES string of the molecule is OCC1OC(O)C(O)OC1C(O)C1COC(O)C(O)O1. The first-order valence-electron chi connectivity index (χ1n) is 6.03. The van der Waals surface area contributed by atoms with Gasteiger partial charge in [-0.15, -0.1) is 0 Å². The molecule has 0 aromatic carbocycles. The molecule has 0 bridgehead atoms. The summed E-state index contributed by atoms with van der Waals surface area (Å²) in [5, 5.41) is 56.2. The smallest absolute Gasteiger partial charge is 0.207 e. The molecule has 2 fully saturated rings. The van der Waals surface area contributed by atoms with Gasteiger partial charge >= 0.3 is 0 Å². The van der Waals surface area contributed by atoms with Crippen molar-refractivity contribution in [3.8, 4) is 0 Å². The van der Waals surface area contributed by atoms with Crippen LogP contribution in [-0.2, 0) is 18.9 Å². The Morgan fingerprint density at radius 1 is 0.900 bits per heavy atom. The van der Waals surface area contributed by atoms with Gasteiger partial charge in [-0.2, -0.15) is 0 Å². The van der Waals surface area contributed by atoms with Crippen LogP contribution in [0.3, 0.4) is 0 Å². The molecular weight excluding hydrogens is 280 g/mol. The summed E-state index contributed by atoms with van der Waals surface area (Å²) >= 11 is 0. The maximum atomic E-state index is 10.1. The molecule has 0 aromatic heterocycles. The maximum Gasteiger partial charge on any atom is 0.207 e. The second kappa shape index (κ2) is 6.58. The highest BCUT2D eigenvalue weighted by Gasteiger charge is 2.45. The number of aliphatic hydroxyl groups excluding tert-OH is 6. The average molecular weight is 298 g/mol. The predicted molar refractivity (Wildman–Crippen MR) is 57.7 cm³/mol. The minimum Gasteiger partial charge on any atom is -0.394 e. The summed E-state index contributed by atoms with van der Waals surface area (Å²) in [7, 11) is 0. The van der Waals surface area contributed by atoms with E-state index in [1.165, 1.54) is 0 Å². The fraction of sp³-hybridized carbons (Fsp3) is 1.00. The molecule has 6 N–H and O–H groups in total. The van der Waals surface area contributed by atoms with E-state index in [1.807, 2.05) is 0 Å². The largest absolute Gasteiger partial charge is 0.394 e. The molecule has 2 saturated heterocycles. The van der Waals surface area contributed by atoms with E-state index in [-0.39, 0.29) is 6.61 Å². The minimum absolute atomic E-state index is 0.240. The van der Waals surface area contributed by atoms with Crippen molar-refractivity contribution in [3.05, 3.63) is 0 Å². The van der Waals surface area contributed by atoms with Crippen LogP contribution in [0.25, 0.3) is 0 Å². The number of hydrogen-bond donors (Lipinski definition) is 6. The van der Waals surface area contributed by atoms with Gasteiger partial charge in [-0.25, -0.2) is 0 Å². The molecule has 0 saturated carbocycles. The van der Waals surface area contributed by atoms with Crippen molar-refractivity contribution in [2.45, 2.75) is 49.6 Å². The molecule has 0 spiro atoms. The minimum atomic E-state index is -1.70. The second-order valence-electron chi connectivity index (χ2n) is 4.52. The molecule has 2 aliphatic heterocycles. The highest BCUT2D eigenvalue weighted by molar-refractivity contribution is 4.88. The molecule has 0 aromatic rings. The zero-order valence-electron chi connectivity index (χ0n) is 10.3. The zero-order chi connectivity index (χ0) is 14.9. The third-order valence-corrected chi connectivity index (χ3v) is 3.11. The van der Waals surface area contributed by atoms with Crippen LogP contribution in [0.15, 0.2) is 0 Å². The molecule has 2 aliphatic rings. The van der Waals surface area contributed by atoms with Gasteiger partial charge in [0.15, 0.2) is 0 Å². The first-order valence-corrected chi connectivity index (χ1v) is 6.03. The van der Waals surface area contributed by atoms with Crippen LogP contribution in [0.5, 0.6) is 0 Å². The zero-order valence-corrected chi connectivity index (χ0v) is 10.3. The normalized spacial score (nSPS) is 48.0. The molecule has 0 aliphatic carbocycles. The van der Waals surface area contributed by atoms with Crippen molar-refractivity contribution < 1.29 is 49.6 Å². The van der Waals surface area contributed by atoms with E-state index >= 15 is 0 Å². The Hall–Kier alpha value is -0.400. The van der Waals surface area contributed by atoms with Gasteiger partial charge in [0, 0.05) is 0 Å². The van der Waals surface area contributed by atoms with E-state index in [0.29, 0.717) is 0 Å². The van der Waals surface area contributed by atoms with Crippen LogP contribution in [0.4, 0.5) is 0 Å². The molecule has 0 amide bonds. The summed E-state index contributed by atoms with van der Waals surface area (Å²) in [5.41, 5.74) is 0. The quantitative estimate of drug-likeness (QED) is 0.302. The summed E-state index contributed by atoms with van der Waals surface area (Å²) < 4.78 is 19.6. The third-order valence-electron chi connectivity index (χ3n) is 3.11. The Kier molecular flexibility index (Phi) is 5.25. The monoisotopic (exact) mass is 298 g/mol. The van der Waals surface area contributed by atoms with E-state index in [9.17, 15) is 20.4 Å². The van der Waals surface area contributed by atoms with Crippen molar-refractivity contribution in [2.24, 2.45) is 0 Å². The summed E-state index contributed by atoms with van der Waals surface area (Å²) in [5.74, 6) is 0. The fourth-order valence-corrected chi connectivity index (χ4v) is 2.04. The Labute approximate surface area is 113 Å². The van der Waals surface area contributed by atoms with Crippen molar-refractivity contribution >= 4 is 0 Å². The van der Waals surface area contributed by atoms with Crippen LogP contribution in [0.2, 0.25) is 0 Å². The van der Waals surface area contributed by atoms with Gasteiger partial charge in [0.05, 0.1) is 13.2 Å². The van der Waals surface area contributed by atoms with E-state index in [4.69, 9.17) is 29.2 Å². The van der Waals surface area contributed by atoms with Crippen LogP contribution >= 0.6 is 0 Å². The Morgan fingerprint density at radius 3 is 2.10 bits per heavy atom. The molecule has 10 heteroatoms. The standard InChI is InChI=1S/C10H18O10/c11-1-3-6(20-10(16)9(15)18-3)5(12)4-2-17-7(13)8(14)19-4/h3-16H,1-2H2. The maximum absolute atomic E-state index is 10.1. The lowest BCUT2D eigenvalue weighted by atomic mass is 10.0. The van der Waals surface area contributed by atoms with Crippen LogP contribution in [0, 0.1) is 0 Å². The lowest BCUT2D eigenvalue weighted by Crippen LogP contribution is -2.60. The van der Waals surface area contributed by atoms with Crippen molar-refractivity contribution in [1.82, 2.24) is 0 Å². The van der Waals surface area contributed by atoms with Crippen LogP contribution in [0.1, 0.15) is 0 Å². The molecule has 2 heterocycles. The van der Waals surface area contributed by atoms with Gasteiger partial charge in [0.1, 0.15) is 24.4 Å². The van der Waals surface area contributed by atoms with E-state index in [0.717, 1.165) is 0 Å². The van der Waals surface area contributed by atoms with Gasteiger partial charge in [-0.05, 0) is 0 Å². The third kappa shape index (κ3) is 3.26. The first kappa shape index (κ1) is 16.0. The molecule has 8 atom stereocenters. The fourth-order valence-electron chi connectivity index (χ4n) is 2.04. The molecule has 0 radical (unpaired) electrons. The Morgan fingerprint density at radius 2 is 1.50 bits per heavy atom. The highest BCUT2D eigenvalue weighted by Crippen LogP contribution is 2.25. The topological polar surface area (TPSA) is 158 Å².